The van der Waals surface area contributed by atoms with Crippen LogP contribution in [0.1, 0.15) is 36.3 Å². The Morgan fingerprint density at radius 2 is 1.90 bits per heavy atom. The van der Waals surface area contributed by atoms with Crippen molar-refractivity contribution in [3.63, 3.8) is 0 Å². The summed E-state index contributed by atoms with van der Waals surface area (Å²) in [6.07, 6.45) is 3.38. The second-order valence-corrected chi connectivity index (χ2v) is 13.7. The number of thiazole rings is 1. The molecule has 1 aliphatic heterocycles. The lowest BCUT2D eigenvalue weighted by Gasteiger charge is -2.41. The first-order valence-corrected chi connectivity index (χ1v) is 16.6. The summed E-state index contributed by atoms with van der Waals surface area (Å²) in [6.45, 7) is 3.43. The Kier molecular flexibility index (Phi) is 7.61. The Bertz CT molecular complexity index is 1780. The van der Waals surface area contributed by atoms with Crippen LogP contribution in [-0.4, -0.2) is 72.9 Å². The monoisotopic (exact) mass is 606 g/mol. The Morgan fingerprint density at radius 1 is 1.14 bits per heavy atom. The van der Waals surface area contributed by atoms with Gasteiger partial charge in [-0.05, 0) is 68.3 Å². The average molecular weight is 607 g/mol. The minimum atomic E-state index is -3.36. The molecular formula is C30H31FN6O3S2. The van der Waals surface area contributed by atoms with E-state index < -0.39 is 10.0 Å². The number of rotatable bonds is 8. The van der Waals surface area contributed by atoms with E-state index in [0.717, 1.165) is 40.8 Å². The number of nitriles is 1. The van der Waals surface area contributed by atoms with Gasteiger partial charge in [0, 0.05) is 54.4 Å². The highest BCUT2D eigenvalue weighted by Crippen LogP contribution is 2.44. The zero-order valence-electron chi connectivity index (χ0n) is 23.4. The molecule has 6 rings (SSSR count). The van der Waals surface area contributed by atoms with Crippen molar-refractivity contribution in [3.8, 4) is 17.3 Å². The van der Waals surface area contributed by atoms with Crippen molar-refractivity contribution < 1.29 is 17.9 Å². The van der Waals surface area contributed by atoms with Crippen LogP contribution in [0.3, 0.4) is 0 Å². The Morgan fingerprint density at radius 3 is 2.55 bits per heavy atom. The molecule has 3 heterocycles. The fourth-order valence-electron chi connectivity index (χ4n) is 5.54. The van der Waals surface area contributed by atoms with Gasteiger partial charge in [-0.2, -0.15) is 9.57 Å². The molecule has 4 aromatic rings. The molecule has 0 unspecified atom stereocenters. The summed E-state index contributed by atoms with van der Waals surface area (Å²) in [6, 6.07) is 16.0. The summed E-state index contributed by atoms with van der Waals surface area (Å²) in [4.78, 5) is 14.4. The molecule has 0 radical (unpaired) electrons. The molecule has 2 aliphatic rings. The van der Waals surface area contributed by atoms with Crippen molar-refractivity contribution in [1.82, 2.24) is 14.3 Å². The van der Waals surface area contributed by atoms with Crippen LogP contribution in [0.2, 0.25) is 0 Å². The molecule has 0 spiro atoms. The van der Waals surface area contributed by atoms with Gasteiger partial charge in [-0.15, -0.1) is 0 Å². The minimum Gasteiger partial charge on any atom is -0.394 e. The van der Waals surface area contributed by atoms with E-state index in [1.54, 1.807) is 12.1 Å². The Labute approximate surface area is 248 Å². The number of hydrogen-bond acceptors (Lipinski definition) is 9. The molecule has 1 aliphatic carbocycles. The number of piperazine rings is 1. The van der Waals surface area contributed by atoms with E-state index in [0.29, 0.717) is 46.8 Å². The van der Waals surface area contributed by atoms with Crippen LogP contribution in [0.15, 0.2) is 48.5 Å². The third kappa shape index (κ3) is 5.45. The van der Waals surface area contributed by atoms with Gasteiger partial charge in [-0.1, -0.05) is 11.3 Å². The predicted molar refractivity (Wildman–Crippen MR) is 163 cm³/mol. The maximum atomic E-state index is 13.6. The van der Waals surface area contributed by atoms with E-state index in [1.165, 1.54) is 34.0 Å². The Balaban J connectivity index is 1.44. The molecule has 9 nitrogen and oxygen atoms in total. The molecule has 2 aromatic heterocycles. The normalized spacial score (nSPS) is 17.9. The predicted octanol–water partition coefficient (Wildman–Crippen LogP) is 4.85. The van der Waals surface area contributed by atoms with Gasteiger partial charge in [0.25, 0.3) is 0 Å². The zero-order valence-corrected chi connectivity index (χ0v) is 25.0. The molecule has 1 saturated carbocycles. The number of anilines is 3. The maximum Gasteiger partial charge on any atom is 0.211 e. The van der Waals surface area contributed by atoms with Gasteiger partial charge in [-0.25, -0.2) is 17.8 Å². The number of pyridine rings is 1. The number of nitrogens with zero attached hydrogens (tertiary/aromatic N) is 6. The fraction of sp³-hybridized carbons (Fsp3) is 0.367. The summed E-state index contributed by atoms with van der Waals surface area (Å²) in [7, 11) is -3.36. The van der Waals surface area contributed by atoms with Crippen molar-refractivity contribution in [2.75, 3.05) is 48.8 Å². The third-order valence-corrected chi connectivity index (χ3v) is 10.2. The van der Waals surface area contributed by atoms with E-state index in [4.69, 9.17) is 9.97 Å². The van der Waals surface area contributed by atoms with Crippen molar-refractivity contribution in [1.29, 1.82) is 5.26 Å². The number of aliphatic hydroxyl groups excluding tert-OH is 1. The van der Waals surface area contributed by atoms with Crippen LogP contribution in [-0.2, 0) is 10.0 Å². The zero-order chi connectivity index (χ0) is 29.6. The molecule has 0 amide bonds. The van der Waals surface area contributed by atoms with Gasteiger partial charge in [0.05, 0.1) is 30.1 Å². The van der Waals surface area contributed by atoms with Gasteiger partial charge < -0.3 is 14.9 Å². The van der Waals surface area contributed by atoms with E-state index in [2.05, 4.69) is 28.0 Å². The van der Waals surface area contributed by atoms with Gasteiger partial charge in [-0.3, -0.25) is 4.98 Å². The number of benzene rings is 2. The topological polar surface area (TPSA) is 114 Å². The number of hydrogen-bond donors (Lipinski definition) is 1. The lowest BCUT2D eigenvalue weighted by molar-refractivity contribution is 0.218. The number of halogens is 1. The summed E-state index contributed by atoms with van der Waals surface area (Å²) >= 11 is 1.30. The minimum absolute atomic E-state index is 0.181. The Hall–Kier alpha value is -3.63. The number of aromatic nitrogens is 2. The van der Waals surface area contributed by atoms with E-state index in [1.807, 2.05) is 19.1 Å². The second kappa shape index (κ2) is 11.2. The van der Waals surface area contributed by atoms with Crippen LogP contribution in [0, 0.1) is 17.1 Å². The van der Waals surface area contributed by atoms with Gasteiger partial charge >= 0.3 is 0 Å². The van der Waals surface area contributed by atoms with Crippen LogP contribution >= 0.6 is 11.3 Å². The van der Waals surface area contributed by atoms with Crippen molar-refractivity contribution in [2.24, 2.45) is 0 Å². The van der Waals surface area contributed by atoms with Crippen LogP contribution in [0.25, 0.3) is 22.2 Å². The summed E-state index contributed by atoms with van der Waals surface area (Å²) in [5.74, 6) is 0.0610. The highest BCUT2D eigenvalue weighted by atomic mass is 32.2. The molecule has 218 valence electrons. The number of sulfonamides is 1. The highest BCUT2D eigenvalue weighted by molar-refractivity contribution is 7.88. The van der Waals surface area contributed by atoms with E-state index >= 15 is 0 Å². The molecular weight excluding hydrogens is 576 g/mol. The van der Waals surface area contributed by atoms with Crippen LogP contribution < -0.4 is 9.80 Å². The highest BCUT2D eigenvalue weighted by Gasteiger charge is 2.32. The molecule has 1 atom stereocenters. The van der Waals surface area contributed by atoms with E-state index in [-0.39, 0.29) is 25.0 Å². The first kappa shape index (κ1) is 28.5. The quantitative estimate of drug-likeness (QED) is 0.303. The fourth-order valence-corrected chi connectivity index (χ4v) is 7.36. The molecule has 2 aromatic carbocycles. The van der Waals surface area contributed by atoms with Crippen molar-refractivity contribution in [2.45, 2.75) is 31.7 Å². The molecule has 1 saturated heterocycles. The molecule has 42 heavy (non-hydrogen) atoms. The largest absolute Gasteiger partial charge is 0.394 e. The SMILES string of the molecule is CCN(c1nc(-c2ccc(F)cc2)c(C#N)s1)c1cc(C2CC2)nc2ccc(N3CCN(S(C)(=O)=O)C[C@H]3CO)cc12. The first-order valence-electron chi connectivity index (χ1n) is 13.9. The van der Waals surface area contributed by atoms with Crippen molar-refractivity contribution >= 4 is 48.8 Å². The second-order valence-electron chi connectivity index (χ2n) is 10.7. The van der Waals surface area contributed by atoms with E-state index in [9.17, 15) is 23.2 Å². The van der Waals surface area contributed by atoms with Gasteiger partial charge in [0.2, 0.25) is 10.0 Å². The average Bonchev–Trinajstić information content (AvgIpc) is 3.76. The maximum absolute atomic E-state index is 13.6. The molecule has 0 bridgehead atoms. The summed E-state index contributed by atoms with van der Waals surface area (Å²) in [5.41, 5.74) is 4.85. The number of fused-ring (bicyclic) bond motifs is 1. The first-order chi connectivity index (χ1) is 20.2. The smallest absolute Gasteiger partial charge is 0.211 e. The third-order valence-electron chi connectivity index (χ3n) is 7.92. The molecule has 2 fully saturated rings. The van der Waals surface area contributed by atoms with Gasteiger partial charge in [0.1, 0.15) is 22.5 Å². The summed E-state index contributed by atoms with van der Waals surface area (Å²) in [5, 5.41) is 21.7. The molecule has 12 heteroatoms. The molecule has 1 N–H and O–H groups in total. The van der Waals surface area contributed by atoms with Crippen LogP contribution in [0.4, 0.5) is 20.9 Å². The lowest BCUT2D eigenvalue weighted by atomic mass is 10.1. The number of aliphatic hydroxyl groups is 1. The van der Waals surface area contributed by atoms with Gasteiger partial charge in [0.15, 0.2) is 5.13 Å². The van der Waals surface area contributed by atoms with Crippen LogP contribution in [0.5, 0.6) is 0 Å². The lowest BCUT2D eigenvalue weighted by Crippen LogP contribution is -2.56. The van der Waals surface area contributed by atoms with Crippen molar-refractivity contribution in [3.05, 3.63) is 64.9 Å². The summed E-state index contributed by atoms with van der Waals surface area (Å²) < 4.78 is 39.3. The standard InChI is InChI=1S/C30H31FN6O3S2/c1-3-36(30-34-29(28(16-32)41-30)20-6-8-21(31)9-7-20)27-15-26(19-4-5-19)33-25-11-10-22(14-24(25)27)37-13-12-35(42(2,39)40)17-23(37)18-38/h6-11,14-15,19,23,38H,3-5,12-13,17-18H2,1-2H3/t23-/m0/s1.